The highest BCUT2D eigenvalue weighted by molar-refractivity contribution is 7.88. The Labute approximate surface area is 221 Å². The number of carbonyl (C=O) groups is 2. The van der Waals surface area contributed by atoms with Crippen LogP contribution in [0.4, 0.5) is 4.39 Å². The highest BCUT2D eigenvalue weighted by atomic mass is 35.5. The first-order valence-corrected chi connectivity index (χ1v) is 13.8. The van der Waals surface area contributed by atoms with Crippen LogP contribution in [0.2, 0.25) is 5.02 Å². The van der Waals surface area contributed by atoms with Crippen molar-refractivity contribution in [1.29, 1.82) is 0 Å². The molecule has 196 valence electrons. The fourth-order valence-electron chi connectivity index (χ4n) is 3.65. The number of nitrogens with zero attached hydrogens (tertiary/aromatic N) is 2. The van der Waals surface area contributed by atoms with Crippen LogP contribution < -0.4 is 5.32 Å². The molecule has 1 N–H and O–H groups in total. The summed E-state index contributed by atoms with van der Waals surface area (Å²) in [5.74, 6) is -1.39. The summed E-state index contributed by atoms with van der Waals surface area (Å²) in [6.07, 6.45) is 1.20. The number of rotatable bonds is 11. The van der Waals surface area contributed by atoms with Gasteiger partial charge in [0, 0.05) is 31.6 Å². The smallest absolute Gasteiger partial charge is 0.243 e. The summed E-state index contributed by atoms with van der Waals surface area (Å²) in [6, 6.07) is 20.9. The predicted octanol–water partition coefficient (Wildman–Crippen LogP) is 3.63. The Hall–Kier alpha value is -3.27. The summed E-state index contributed by atoms with van der Waals surface area (Å²) in [7, 11) is -2.34. The Bertz CT molecular complexity index is 1300. The van der Waals surface area contributed by atoms with E-state index in [4.69, 9.17) is 11.6 Å². The van der Waals surface area contributed by atoms with Crippen LogP contribution in [0.25, 0.3) is 0 Å². The van der Waals surface area contributed by atoms with Crippen molar-refractivity contribution in [2.45, 2.75) is 25.6 Å². The molecule has 2 amide bonds. The number of carbonyl (C=O) groups excluding carboxylic acids is 2. The number of halogens is 2. The van der Waals surface area contributed by atoms with Crippen molar-refractivity contribution in [2.75, 3.05) is 19.8 Å². The number of likely N-dealkylation sites (N-methyl/N-ethyl adjacent to an activating group) is 1. The Morgan fingerprint density at radius 1 is 0.919 bits per heavy atom. The summed E-state index contributed by atoms with van der Waals surface area (Å²) in [6.45, 7) is -0.249. The van der Waals surface area contributed by atoms with Crippen LogP contribution in [-0.4, -0.2) is 55.3 Å². The van der Waals surface area contributed by atoms with Gasteiger partial charge in [0.2, 0.25) is 21.8 Å². The maximum atomic E-state index is 13.5. The fourth-order valence-corrected chi connectivity index (χ4v) is 4.12. The van der Waals surface area contributed by atoms with E-state index >= 15 is 0 Å². The van der Waals surface area contributed by atoms with Crippen molar-refractivity contribution in [3.05, 3.63) is 106 Å². The van der Waals surface area contributed by atoms with E-state index in [1.54, 1.807) is 24.3 Å². The Morgan fingerprint density at radius 2 is 1.51 bits per heavy atom. The third-order valence-electron chi connectivity index (χ3n) is 5.84. The average molecular weight is 546 g/mol. The summed E-state index contributed by atoms with van der Waals surface area (Å²) in [5, 5.41) is 3.46. The Balaban J connectivity index is 1.93. The van der Waals surface area contributed by atoms with Gasteiger partial charge in [-0.25, -0.2) is 12.8 Å². The minimum atomic E-state index is -3.64. The zero-order chi connectivity index (χ0) is 27.0. The maximum Gasteiger partial charge on any atom is 0.243 e. The SMILES string of the molecule is CN(CC(=O)N(Cc1ccc(F)cc1)C(Cc1ccccc1)C(=O)NCc1ccc(Cl)cc1)S(C)(=O)=O. The van der Waals surface area contributed by atoms with E-state index in [1.807, 2.05) is 30.3 Å². The maximum absolute atomic E-state index is 13.5. The fraction of sp³-hybridized carbons (Fsp3) is 0.259. The van der Waals surface area contributed by atoms with E-state index in [-0.39, 0.29) is 19.5 Å². The molecule has 0 saturated heterocycles. The molecule has 1 unspecified atom stereocenters. The molecule has 0 aliphatic rings. The Kier molecular flexibility index (Phi) is 9.79. The van der Waals surface area contributed by atoms with Crippen molar-refractivity contribution in [3.8, 4) is 0 Å². The number of nitrogens with one attached hydrogen (secondary N) is 1. The van der Waals surface area contributed by atoms with Gasteiger partial charge in [0.15, 0.2) is 0 Å². The molecule has 10 heteroatoms. The first-order valence-electron chi connectivity index (χ1n) is 11.5. The van der Waals surface area contributed by atoms with E-state index < -0.39 is 40.2 Å². The number of benzene rings is 3. The molecule has 0 aliphatic heterocycles. The quantitative estimate of drug-likeness (QED) is 0.399. The molecule has 37 heavy (non-hydrogen) atoms. The van der Waals surface area contributed by atoms with Crippen molar-refractivity contribution in [1.82, 2.24) is 14.5 Å². The third kappa shape index (κ3) is 8.66. The third-order valence-corrected chi connectivity index (χ3v) is 7.35. The summed E-state index contributed by atoms with van der Waals surface area (Å²) >= 11 is 5.95. The summed E-state index contributed by atoms with van der Waals surface area (Å²) in [4.78, 5) is 28.4. The van der Waals surface area contributed by atoms with Gasteiger partial charge in [-0.15, -0.1) is 0 Å². The minimum absolute atomic E-state index is 0.0113. The molecular weight excluding hydrogens is 517 g/mol. The number of amides is 2. The van der Waals surface area contributed by atoms with E-state index in [0.29, 0.717) is 10.6 Å². The molecule has 0 bridgehead atoms. The van der Waals surface area contributed by atoms with Crippen LogP contribution in [0.3, 0.4) is 0 Å². The highest BCUT2D eigenvalue weighted by Gasteiger charge is 2.31. The first kappa shape index (κ1) is 28.3. The number of hydrogen-bond donors (Lipinski definition) is 1. The lowest BCUT2D eigenvalue weighted by molar-refractivity contribution is -0.141. The molecule has 0 aromatic heterocycles. The van der Waals surface area contributed by atoms with Crippen LogP contribution in [-0.2, 0) is 39.1 Å². The van der Waals surface area contributed by atoms with E-state index in [2.05, 4.69) is 5.32 Å². The molecule has 0 saturated carbocycles. The molecule has 1 atom stereocenters. The molecule has 0 heterocycles. The molecule has 0 spiro atoms. The topological polar surface area (TPSA) is 86.8 Å². The predicted molar refractivity (Wildman–Crippen MR) is 142 cm³/mol. The molecule has 0 fully saturated rings. The van der Waals surface area contributed by atoms with Gasteiger partial charge >= 0.3 is 0 Å². The first-order chi connectivity index (χ1) is 17.5. The Morgan fingerprint density at radius 3 is 2.11 bits per heavy atom. The van der Waals surface area contributed by atoms with Gasteiger partial charge in [-0.3, -0.25) is 9.59 Å². The van der Waals surface area contributed by atoms with Gasteiger partial charge in [0.05, 0.1) is 12.8 Å². The second-order valence-electron chi connectivity index (χ2n) is 8.72. The van der Waals surface area contributed by atoms with E-state index in [1.165, 1.54) is 36.2 Å². The second kappa shape index (κ2) is 12.8. The van der Waals surface area contributed by atoms with Crippen LogP contribution in [0.5, 0.6) is 0 Å². The van der Waals surface area contributed by atoms with Crippen LogP contribution in [0.15, 0.2) is 78.9 Å². The van der Waals surface area contributed by atoms with Gasteiger partial charge in [-0.1, -0.05) is 66.2 Å². The van der Waals surface area contributed by atoms with Gasteiger partial charge in [-0.2, -0.15) is 4.31 Å². The van der Waals surface area contributed by atoms with Crippen LogP contribution >= 0.6 is 11.6 Å². The minimum Gasteiger partial charge on any atom is -0.350 e. The highest BCUT2D eigenvalue weighted by Crippen LogP contribution is 2.17. The second-order valence-corrected chi connectivity index (χ2v) is 11.2. The summed E-state index contributed by atoms with van der Waals surface area (Å²) in [5.41, 5.74) is 2.24. The van der Waals surface area contributed by atoms with Gasteiger partial charge in [0.1, 0.15) is 11.9 Å². The van der Waals surface area contributed by atoms with E-state index in [0.717, 1.165) is 21.7 Å². The number of sulfonamides is 1. The van der Waals surface area contributed by atoms with Gasteiger partial charge in [-0.05, 0) is 41.0 Å². The zero-order valence-corrected chi connectivity index (χ0v) is 22.2. The normalized spacial score (nSPS) is 12.2. The lowest BCUT2D eigenvalue weighted by Crippen LogP contribution is -2.52. The largest absolute Gasteiger partial charge is 0.350 e. The summed E-state index contributed by atoms with van der Waals surface area (Å²) < 4.78 is 38.4. The van der Waals surface area contributed by atoms with Crippen LogP contribution in [0.1, 0.15) is 16.7 Å². The van der Waals surface area contributed by atoms with Gasteiger partial charge in [0.25, 0.3) is 0 Å². The standard InChI is InChI=1S/C27H29ClFN3O4S/c1-31(37(2,35)36)19-26(33)32(18-22-10-14-24(29)15-11-22)25(16-20-6-4-3-5-7-20)27(34)30-17-21-8-12-23(28)13-9-21/h3-15,25H,16-19H2,1-2H3,(H,30,34). The monoisotopic (exact) mass is 545 g/mol. The number of hydrogen-bond acceptors (Lipinski definition) is 4. The van der Waals surface area contributed by atoms with Crippen molar-refractivity contribution in [3.63, 3.8) is 0 Å². The molecule has 0 radical (unpaired) electrons. The van der Waals surface area contributed by atoms with E-state index in [9.17, 15) is 22.4 Å². The van der Waals surface area contributed by atoms with Crippen molar-refractivity contribution < 1.29 is 22.4 Å². The molecule has 0 aliphatic carbocycles. The van der Waals surface area contributed by atoms with Gasteiger partial charge < -0.3 is 10.2 Å². The zero-order valence-electron chi connectivity index (χ0n) is 20.6. The lowest BCUT2D eigenvalue weighted by Gasteiger charge is -2.32. The van der Waals surface area contributed by atoms with Crippen molar-refractivity contribution >= 4 is 33.4 Å². The average Bonchev–Trinajstić information content (AvgIpc) is 2.86. The molecular formula is C27H29ClFN3O4S. The van der Waals surface area contributed by atoms with Crippen LogP contribution in [0, 0.1) is 5.82 Å². The molecule has 3 rings (SSSR count). The lowest BCUT2D eigenvalue weighted by atomic mass is 10.0. The molecule has 7 nitrogen and oxygen atoms in total. The van der Waals surface area contributed by atoms with Crippen molar-refractivity contribution in [2.24, 2.45) is 0 Å². The molecule has 3 aromatic rings. The molecule has 3 aromatic carbocycles.